The zero-order valence-electron chi connectivity index (χ0n) is 10.4. The second-order valence-corrected chi connectivity index (χ2v) is 4.65. The quantitative estimate of drug-likeness (QED) is 0.840. The number of hydrogen-bond donors (Lipinski definition) is 1. The number of nitrogens with zero attached hydrogens (tertiary/aromatic N) is 1. The van der Waals surface area contributed by atoms with Crippen LogP contribution in [-0.4, -0.2) is 11.4 Å². The smallest absolute Gasteiger partial charge is 0.117 e. The summed E-state index contributed by atoms with van der Waals surface area (Å²) in [6.07, 6.45) is 1.70. The highest BCUT2D eigenvalue weighted by atomic mass is 35.5. The van der Waals surface area contributed by atoms with Crippen LogP contribution in [0.5, 0.6) is 0 Å². The summed E-state index contributed by atoms with van der Waals surface area (Å²) in [5.41, 5.74) is 7.59. The Morgan fingerprint density at radius 3 is 2.72 bits per heavy atom. The lowest BCUT2D eigenvalue weighted by atomic mass is 10.2. The van der Waals surface area contributed by atoms with Crippen molar-refractivity contribution in [2.24, 2.45) is 0 Å². The summed E-state index contributed by atoms with van der Waals surface area (Å²) < 4.78 is 5.36. The van der Waals surface area contributed by atoms with Crippen molar-refractivity contribution >= 4 is 17.3 Å². The predicted octanol–water partition coefficient (Wildman–Crippen LogP) is 3.54. The zero-order valence-corrected chi connectivity index (χ0v) is 11.2. The average molecular weight is 265 g/mol. The maximum atomic E-state index is 5.91. The third-order valence-corrected chi connectivity index (χ3v) is 3.22. The summed E-state index contributed by atoms with van der Waals surface area (Å²) >= 11 is 5.91. The van der Waals surface area contributed by atoms with Gasteiger partial charge >= 0.3 is 0 Å². The molecule has 0 radical (unpaired) electrons. The van der Waals surface area contributed by atoms with Gasteiger partial charge in [0.25, 0.3) is 0 Å². The van der Waals surface area contributed by atoms with Crippen molar-refractivity contribution in [1.29, 1.82) is 0 Å². The standard InChI is InChI=1S/C14H17ClN2O/c1-2-17(10-12-4-3-7-18-12)9-11-5-6-13(15)14(16)8-11/h3-8H,2,9-10,16H2,1H3. The van der Waals surface area contributed by atoms with E-state index in [0.29, 0.717) is 10.7 Å². The van der Waals surface area contributed by atoms with E-state index in [2.05, 4.69) is 11.8 Å². The molecule has 0 fully saturated rings. The van der Waals surface area contributed by atoms with E-state index in [-0.39, 0.29) is 0 Å². The number of nitrogens with two attached hydrogens (primary N) is 1. The minimum Gasteiger partial charge on any atom is -0.468 e. The van der Waals surface area contributed by atoms with Crippen molar-refractivity contribution in [3.63, 3.8) is 0 Å². The van der Waals surface area contributed by atoms with Gasteiger partial charge in [0.15, 0.2) is 0 Å². The maximum absolute atomic E-state index is 5.91. The molecule has 1 heterocycles. The molecule has 0 bridgehead atoms. The van der Waals surface area contributed by atoms with Crippen LogP contribution >= 0.6 is 11.6 Å². The normalized spacial score (nSPS) is 11.1. The summed E-state index contributed by atoms with van der Waals surface area (Å²) in [6.45, 7) is 4.70. The fourth-order valence-corrected chi connectivity index (χ4v) is 1.97. The average Bonchev–Trinajstić information content (AvgIpc) is 2.86. The van der Waals surface area contributed by atoms with Gasteiger partial charge in [0.2, 0.25) is 0 Å². The number of furan rings is 1. The van der Waals surface area contributed by atoms with Crippen molar-refractivity contribution < 1.29 is 4.42 Å². The van der Waals surface area contributed by atoms with Crippen LogP contribution < -0.4 is 5.73 Å². The molecule has 0 saturated carbocycles. The predicted molar refractivity (Wildman–Crippen MR) is 74.4 cm³/mol. The SMILES string of the molecule is CCN(Cc1ccc(Cl)c(N)c1)Cc1ccco1. The van der Waals surface area contributed by atoms with Crippen molar-refractivity contribution in [1.82, 2.24) is 4.90 Å². The molecule has 2 rings (SSSR count). The van der Waals surface area contributed by atoms with E-state index in [4.69, 9.17) is 21.8 Å². The molecule has 2 N–H and O–H groups in total. The van der Waals surface area contributed by atoms with E-state index in [9.17, 15) is 0 Å². The third-order valence-electron chi connectivity index (χ3n) is 2.87. The van der Waals surface area contributed by atoms with Crippen LogP contribution in [0, 0.1) is 0 Å². The second kappa shape index (κ2) is 5.94. The van der Waals surface area contributed by atoms with Crippen LogP contribution in [0.3, 0.4) is 0 Å². The molecule has 1 aromatic carbocycles. The lowest BCUT2D eigenvalue weighted by Gasteiger charge is -2.19. The Morgan fingerprint density at radius 1 is 1.28 bits per heavy atom. The fourth-order valence-electron chi connectivity index (χ4n) is 1.85. The van der Waals surface area contributed by atoms with E-state index < -0.39 is 0 Å². The van der Waals surface area contributed by atoms with Gasteiger partial charge < -0.3 is 10.2 Å². The van der Waals surface area contributed by atoms with Gasteiger partial charge in [-0.25, -0.2) is 0 Å². The molecule has 2 aromatic rings. The van der Waals surface area contributed by atoms with Gasteiger partial charge in [0.1, 0.15) is 5.76 Å². The van der Waals surface area contributed by atoms with Crippen LogP contribution in [0.15, 0.2) is 41.0 Å². The summed E-state index contributed by atoms with van der Waals surface area (Å²) in [5, 5.41) is 0.604. The lowest BCUT2D eigenvalue weighted by Crippen LogP contribution is -2.22. The minimum atomic E-state index is 0.604. The van der Waals surface area contributed by atoms with Gasteiger partial charge in [0, 0.05) is 6.54 Å². The zero-order chi connectivity index (χ0) is 13.0. The van der Waals surface area contributed by atoms with Crippen molar-refractivity contribution in [2.75, 3.05) is 12.3 Å². The highest BCUT2D eigenvalue weighted by molar-refractivity contribution is 6.33. The van der Waals surface area contributed by atoms with E-state index in [1.54, 1.807) is 6.26 Å². The van der Waals surface area contributed by atoms with Crippen molar-refractivity contribution in [3.8, 4) is 0 Å². The Labute approximate surface area is 112 Å². The number of benzene rings is 1. The topological polar surface area (TPSA) is 42.4 Å². The summed E-state index contributed by atoms with van der Waals surface area (Å²) in [7, 11) is 0. The van der Waals surface area contributed by atoms with Gasteiger partial charge in [-0.3, -0.25) is 4.90 Å². The molecule has 0 unspecified atom stereocenters. The Balaban J connectivity index is 2.03. The Bertz CT molecular complexity index is 497. The number of halogens is 1. The Hall–Kier alpha value is -1.45. The molecule has 96 valence electrons. The van der Waals surface area contributed by atoms with E-state index in [1.165, 1.54) is 0 Å². The monoisotopic (exact) mass is 264 g/mol. The lowest BCUT2D eigenvalue weighted by molar-refractivity contribution is 0.248. The van der Waals surface area contributed by atoms with Gasteiger partial charge in [-0.15, -0.1) is 0 Å². The van der Waals surface area contributed by atoms with Gasteiger partial charge in [-0.05, 0) is 36.4 Å². The molecule has 0 amide bonds. The number of anilines is 1. The van der Waals surface area contributed by atoms with Crippen molar-refractivity contribution in [3.05, 3.63) is 52.9 Å². The van der Waals surface area contributed by atoms with Gasteiger partial charge in [-0.1, -0.05) is 24.6 Å². The first-order valence-electron chi connectivity index (χ1n) is 5.97. The second-order valence-electron chi connectivity index (χ2n) is 4.24. The molecule has 0 aliphatic heterocycles. The van der Waals surface area contributed by atoms with Crippen LogP contribution in [-0.2, 0) is 13.1 Å². The Morgan fingerprint density at radius 2 is 2.11 bits per heavy atom. The van der Waals surface area contributed by atoms with Gasteiger partial charge in [0.05, 0.1) is 23.5 Å². The summed E-state index contributed by atoms with van der Waals surface area (Å²) in [5.74, 6) is 0.971. The molecular weight excluding hydrogens is 248 g/mol. The molecule has 1 aromatic heterocycles. The molecule has 0 spiro atoms. The van der Waals surface area contributed by atoms with E-state index in [1.807, 2.05) is 30.3 Å². The first-order chi connectivity index (χ1) is 8.69. The fraction of sp³-hybridized carbons (Fsp3) is 0.286. The summed E-state index contributed by atoms with van der Waals surface area (Å²) in [4.78, 5) is 2.28. The number of hydrogen-bond acceptors (Lipinski definition) is 3. The molecule has 0 saturated heterocycles. The summed E-state index contributed by atoms with van der Waals surface area (Å²) in [6, 6.07) is 9.66. The molecule has 4 heteroatoms. The first kappa shape index (κ1) is 13.0. The van der Waals surface area contributed by atoms with Gasteiger partial charge in [-0.2, -0.15) is 0 Å². The molecule has 18 heavy (non-hydrogen) atoms. The molecule has 0 aliphatic carbocycles. The molecular formula is C14H17ClN2O. The van der Waals surface area contributed by atoms with Crippen LogP contribution in [0.2, 0.25) is 5.02 Å². The third kappa shape index (κ3) is 3.28. The largest absolute Gasteiger partial charge is 0.468 e. The highest BCUT2D eigenvalue weighted by Gasteiger charge is 2.07. The molecule has 0 atom stereocenters. The van der Waals surface area contributed by atoms with Crippen LogP contribution in [0.1, 0.15) is 18.2 Å². The number of nitrogen functional groups attached to an aromatic ring is 1. The van der Waals surface area contributed by atoms with Crippen LogP contribution in [0.25, 0.3) is 0 Å². The Kier molecular flexibility index (Phi) is 4.28. The maximum Gasteiger partial charge on any atom is 0.117 e. The van der Waals surface area contributed by atoms with Crippen molar-refractivity contribution in [2.45, 2.75) is 20.0 Å². The van der Waals surface area contributed by atoms with E-state index >= 15 is 0 Å². The van der Waals surface area contributed by atoms with Crippen LogP contribution in [0.4, 0.5) is 5.69 Å². The first-order valence-corrected chi connectivity index (χ1v) is 6.35. The van der Waals surface area contributed by atoms with E-state index in [0.717, 1.165) is 31.0 Å². The highest BCUT2D eigenvalue weighted by Crippen LogP contribution is 2.20. The minimum absolute atomic E-state index is 0.604. The number of rotatable bonds is 5. The molecule has 0 aliphatic rings. The molecule has 3 nitrogen and oxygen atoms in total.